The third-order valence-corrected chi connectivity index (χ3v) is 3.28. The van der Waals surface area contributed by atoms with Crippen molar-refractivity contribution >= 4 is 22.9 Å². The van der Waals surface area contributed by atoms with Crippen molar-refractivity contribution in [3.8, 4) is 0 Å². The van der Waals surface area contributed by atoms with Crippen LogP contribution in [0.15, 0.2) is 6.07 Å². The Morgan fingerprint density at radius 3 is 2.44 bits per heavy atom. The van der Waals surface area contributed by atoms with Crippen molar-refractivity contribution in [1.82, 2.24) is 4.90 Å². The van der Waals surface area contributed by atoms with Gasteiger partial charge in [-0.25, -0.2) is 0 Å². The second kappa shape index (κ2) is 4.45. The maximum absolute atomic E-state index is 12.1. The number of amides is 1. The lowest BCUT2D eigenvalue weighted by Gasteiger charge is -2.26. The minimum Gasteiger partial charge on any atom is -0.398 e. The number of carbonyl (C=O) groups is 1. The predicted octanol–water partition coefficient (Wildman–Crippen LogP) is 2.76. The van der Waals surface area contributed by atoms with E-state index in [0.29, 0.717) is 5.69 Å². The van der Waals surface area contributed by atoms with Gasteiger partial charge in [-0.05, 0) is 18.4 Å². The second-order valence-electron chi connectivity index (χ2n) is 5.34. The fraction of sp³-hybridized carbons (Fsp3) is 0.583. The smallest absolute Gasteiger partial charge is 0.263 e. The van der Waals surface area contributed by atoms with E-state index in [0.717, 1.165) is 16.3 Å². The van der Waals surface area contributed by atoms with E-state index < -0.39 is 0 Å². The molecule has 1 aromatic heterocycles. The van der Waals surface area contributed by atoms with Crippen molar-refractivity contribution in [3.05, 3.63) is 15.8 Å². The van der Waals surface area contributed by atoms with Gasteiger partial charge in [-0.15, -0.1) is 11.3 Å². The molecule has 0 radical (unpaired) electrons. The number of thiophene rings is 1. The van der Waals surface area contributed by atoms with Crippen LogP contribution >= 0.6 is 11.3 Å². The molecule has 0 bridgehead atoms. The first-order chi connectivity index (χ1) is 7.20. The van der Waals surface area contributed by atoms with Crippen LogP contribution in [0.2, 0.25) is 0 Å². The Morgan fingerprint density at radius 1 is 1.50 bits per heavy atom. The Kier molecular flexibility index (Phi) is 3.63. The molecule has 1 rings (SSSR count). The lowest BCUT2D eigenvalue weighted by molar-refractivity contribution is 0.0750. The number of rotatable bonds is 2. The maximum Gasteiger partial charge on any atom is 0.263 e. The minimum atomic E-state index is 0.0553. The zero-order chi connectivity index (χ0) is 12.5. The van der Waals surface area contributed by atoms with Crippen LogP contribution in [0.4, 0.5) is 5.69 Å². The van der Waals surface area contributed by atoms with E-state index in [-0.39, 0.29) is 11.3 Å². The molecule has 0 atom stereocenters. The van der Waals surface area contributed by atoms with Crippen LogP contribution in [0, 0.1) is 12.3 Å². The van der Waals surface area contributed by atoms with Gasteiger partial charge in [0.15, 0.2) is 0 Å². The van der Waals surface area contributed by atoms with Crippen LogP contribution in [0.3, 0.4) is 0 Å². The van der Waals surface area contributed by atoms with Crippen molar-refractivity contribution in [1.29, 1.82) is 0 Å². The van der Waals surface area contributed by atoms with Gasteiger partial charge in [-0.3, -0.25) is 4.79 Å². The second-order valence-corrected chi connectivity index (χ2v) is 6.60. The van der Waals surface area contributed by atoms with Crippen molar-refractivity contribution in [2.45, 2.75) is 27.7 Å². The highest BCUT2D eigenvalue weighted by atomic mass is 32.1. The summed E-state index contributed by atoms with van der Waals surface area (Å²) < 4.78 is 0. The topological polar surface area (TPSA) is 46.3 Å². The highest BCUT2D eigenvalue weighted by Crippen LogP contribution is 2.25. The number of nitrogens with two attached hydrogens (primary N) is 1. The summed E-state index contributed by atoms with van der Waals surface area (Å²) in [6, 6.07) is 1.77. The average molecular weight is 240 g/mol. The zero-order valence-electron chi connectivity index (χ0n) is 10.6. The Labute approximate surface area is 101 Å². The summed E-state index contributed by atoms with van der Waals surface area (Å²) in [5, 5.41) is 0. The SMILES string of the molecule is Cc1sc(C(=O)N(C)CC(C)(C)C)cc1N. The molecule has 0 aliphatic rings. The van der Waals surface area contributed by atoms with Crippen molar-refractivity contribution in [2.75, 3.05) is 19.3 Å². The monoisotopic (exact) mass is 240 g/mol. The number of hydrogen-bond donors (Lipinski definition) is 1. The molecule has 0 unspecified atom stereocenters. The molecular weight excluding hydrogens is 220 g/mol. The average Bonchev–Trinajstić information content (AvgIpc) is 2.43. The molecule has 0 aromatic carbocycles. The van der Waals surface area contributed by atoms with Gasteiger partial charge < -0.3 is 10.6 Å². The first-order valence-corrected chi connectivity index (χ1v) is 6.14. The number of hydrogen-bond acceptors (Lipinski definition) is 3. The molecule has 0 saturated carbocycles. The molecule has 0 saturated heterocycles. The van der Waals surface area contributed by atoms with Crippen LogP contribution in [0.1, 0.15) is 35.3 Å². The van der Waals surface area contributed by atoms with Gasteiger partial charge in [-0.2, -0.15) is 0 Å². The lowest BCUT2D eigenvalue weighted by atomic mass is 9.96. The number of anilines is 1. The Bertz CT molecular complexity index is 371. The highest BCUT2D eigenvalue weighted by molar-refractivity contribution is 7.14. The summed E-state index contributed by atoms with van der Waals surface area (Å²) in [5.74, 6) is 0.0553. The molecule has 0 aliphatic carbocycles. The first-order valence-electron chi connectivity index (χ1n) is 5.32. The summed E-state index contributed by atoms with van der Waals surface area (Å²) >= 11 is 1.46. The fourth-order valence-corrected chi connectivity index (χ4v) is 2.51. The Morgan fingerprint density at radius 2 is 2.06 bits per heavy atom. The first kappa shape index (κ1) is 13.0. The standard InChI is InChI=1S/C12H20N2OS/c1-8-9(13)6-10(16-8)11(15)14(5)7-12(2,3)4/h6H,7,13H2,1-5H3. The van der Waals surface area contributed by atoms with Gasteiger partial charge in [-0.1, -0.05) is 20.8 Å². The van der Waals surface area contributed by atoms with Gasteiger partial charge in [0, 0.05) is 24.2 Å². The molecule has 1 aromatic rings. The van der Waals surface area contributed by atoms with Crippen LogP contribution in [-0.4, -0.2) is 24.4 Å². The zero-order valence-corrected chi connectivity index (χ0v) is 11.4. The Balaban J connectivity index is 2.78. The molecule has 4 heteroatoms. The number of carbonyl (C=O) groups excluding carboxylic acids is 1. The van der Waals surface area contributed by atoms with E-state index >= 15 is 0 Å². The Hall–Kier alpha value is -1.03. The summed E-state index contributed by atoms with van der Waals surface area (Å²) in [6.45, 7) is 9.02. The van der Waals surface area contributed by atoms with Crippen LogP contribution in [0.5, 0.6) is 0 Å². The molecule has 90 valence electrons. The van der Waals surface area contributed by atoms with E-state index in [4.69, 9.17) is 5.73 Å². The summed E-state index contributed by atoms with van der Waals surface area (Å²) in [7, 11) is 1.83. The van der Waals surface area contributed by atoms with Gasteiger partial charge in [0.25, 0.3) is 5.91 Å². The van der Waals surface area contributed by atoms with Crippen LogP contribution in [-0.2, 0) is 0 Å². The molecule has 1 heterocycles. The van der Waals surface area contributed by atoms with E-state index in [1.807, 2.05) is 14.0 Å². The van der Waals surface area contributed by atoms with Crippen LogP contribution in [0.25, 0.3) is 0 Å². The number of nitrogen functional groups attached to an aromatic ring is 1. The van der Waals surface area contributed by atoms with Crippen molar-refractivity contribution in [2.24, 2.45) is 5.41 Å². The van der Waals surface area contributed by atoms with Gasteiger partial charge in [0.05, 0.1) is 4.88 Å². The van der Waals surface area contributed by atoms with Gasteiger partial charge in [0.1, 0.15) is 0 Å². The van der Waals surface area contributed by atoms with Gasteiger partial charge >= 0.3 is 0 Å². The molecular formula is C12H20N2OS. The van der Waals surface area contributed by atoms with Crippen molar-refractivity contribution < 1.29 is 4.79 Å². The molecule has 16 heavy (non-hydrogen) atoms. The summed E-state index contributed by atoms with van der Waals surface area (Å²) in [5.41, 5.74) is 6.56. The maximum atomic E-state index is 12.1. The predicted molar refractivity (Wildman–Crippen MR) is 69.9 cm³/mol. The van der Waals surface area contributed by atoms with Crippen molar-refractivity contribution in [3.63, 3.8) is 0 Å². The van der Waals surface area contributed by atoms with E-state index in [2.05, 4.69) is 20.8 Å². The summed E-state index contributed by atoms with van der Waals surface area (Å²) in [6.07, 6.45) is 0. The fourth-order valence-electron chi connectivity index (χ4n) is 1.57. The largest absolute Gasteiger partial charge is 0.398 e. The lowest BCUT2D eigenvalue weighted by Crippen LogP contribution is -2.34. The highest BCUT2D eigenvalue weighted by Gasteiger charge is 2.20. The molecule has 0 spiro atoms. The third kappa shape index (κ3) is 3.23. The molecule has 0 aliphatic heterocycles. The number of nitrogens with zero attached hydrogens (tertiary/aromatic N) is 1. The van der Waals surface area contributed by atoms with Gasteiger partial charge in [0.2, 0.25) is 0 Å². The van der Waals surface area contributed by atoms with E-state index in [1.54, 1.807) is 11.0 Å². The summed E-state index contributed by atoms with van der Waals surface area (Å²) in [4.78, 5) is 15.6. The molecule has 1 amide bonds. The minimum absolute atomic E-state index is 0.0553. The van der Waals surface area contributed by atoms with E-state index in [1.165, 1.54) is 11.3 Å². The number of aryl methyl sites for hydroxylation is 1. The van der Waals surface area contributed by atoms with E-state index in [9.17, 15) is 4.79 Å². The third-order valence-electron chi connectivity index (χ3n) is 2.23. The quantitative estimate of drug-likeness (QED) is 0.864. The normalized spacial score (nSPS) is 11.6. The molecule has 2 N–H and O–H groups in total. The van der Waals surface area contributed by atoms with Crippen LogP contribution < -0.4 is 5.73 Å². The molecule has 3 nitrogen and oxygen atoms in total. The molecule has 0 fully saturated rings.